The largest absolute Gasteiger partial charge is 0.380 e. The topological polar surface area (TPSA) is 42.2 Å². The Kier molecular flexibility index (Phi) is 4.52. The van der Waals surface area contributed by atoms with Gasteiger partial charge in [0.15, 0.2) is 0 Å². The minimum Gasteiger partial charge on any atom is -0.380 e. The number of aromatic nitrogens is 2. The summed E-state index contributed by atoms with van der Waals surface area (Å²) in [4.78, 5) is 8.65. The minimum absolute atomic E-state index is 0.236. The van der Waals surface area contributed by atoms with E-state index in [0.29, 0.717) is 6.54 Å². The second-order valence-corrected chi connectivity index (χ2v) is 4.83. The molecule has 0 saturated carbocycles. The van der Waals surface area contributed by atoms with Crippen LogP contribution in [0.5, 0.6) is 0 Å². The van der Waals surface area contributed by atoms with Crippen molar-refractivity contribution in [3.8, 4) is 0 Å². The van der Waals surface area contributed by atoms with Gasteiger partial charge in [-0.2, -0.15) is 0 Å². The van der Waals surface area contributed by atoms with Crippen molar-refractivity contribution in [3.63, 3.8) is 0 Å². The molecule has 110 valence electrons. The zero-order valence-electron chi connectivity index (χ0n) is 12.5. The minimum atomic E-state index is -0.236. The van der Waals surface area contributed by atoms with Gasteiger partial charge in [0.05, 0.1) is 17.7 Å². The molecule has 21 heavy (non-hydrogen) atoms. The number of halogens is 1. The molecular formula is C16H19FN4. The number of benzene rings is 1. The van der Waals surface area contributed by atoms with Crippen LogP contribution in [0.15, 0.2) is 42.2 Å². The number of hydrogen-bond acceptors (Lipinski definition) is 3. The van der Waals surface area contributed by atoms with E-state index >= 15 is 0 Å². The molecule has 1 aromatic carbocycles. The first-order valence-electron chi connectivity index (χ1n) is 6.65. The molecule has 0 aliphatic rings. The average molecular weight is 286 g/mol. The molecule has 0 saturated heterocycles. The monoisotopic (exact) mass is 286 g/mol. The van der Waals surface area contributed by atoms with Crippen LogP contribution in [-0.4, -0.2) is 16.6 Å². The fraction of sp³-hybridized carbons (Fsp3) is 0.250. The van der Waals surface area contributed by atoms with E-state index < -0.39 is 0 Å². The van der Waals surface area contributed by atoms with E-state index in [1.165, 1.54) is 12.1 Å². The Bertz CT molecular complexity index is 714. The van der Waals surface area contributed by atoms with Gasteiger partial charge >= 0.3 is 0 Å². The van der Waals surface area contributed by atoms with Crippen molar-refractivity contribution in [3.05, 3.63) is 65.3 Å². The molecule has 0 radical (unpaired) electrons. The summed E-state index contributed by atoms with van der Waals surface area (Å²) in [5.74, 6) is -0.236. The number of nitrogens with zero attached hydrogens (tertiary/aromatic N) is 3. The summed E-state index contributed by atoms with van der Waals surface area (Å²) in [5.41, 5.74) is 4.33. The third kappa shape index (κ3) is 3.37. The van der Waals surface area contributed by atoms with Crippen LogP contribution < -0.4 is 10.8 Å². The molecule has 0 unspecified atom stereocenters. The summed E-state index contributed by atoms with van der Waals surface area (Å²) in [7, 11) is 3.65. The smallest absolute Gasteiger partial charge is 0.133 e. The fourth-order valence-corrected chi connectivity index (χ4v) is 2.19. The first kappa shape index (κ1) is 15.0. The Hall–Kier alpha value is -2.43. The highest BCUT2D eigenvalue weighted by molar-refractivity contribution is 5.60. The summed E-state index contributed by atoms with van der Waals surface area (Å²) >= 11 is 0. The van der Waals surface area contributed by atoms with E-state index in [2.05, 4.69) is 21.9 Å². The lowest BCUT2D eigenvalue weighted by Crippen LogP contribution is -2.25. The maximum Gasteiger partial charge on any atom is 0.133 e. The van der Waals surface area contributed by atoms with Crippen molar-refractivity contribution in [1.82, 2.24) is 14.9 Å². The van der Waals surface area contributed by atoms with Gasteiger partial charge in [-0.3, -0.25) is 4.99 Å². The lowest BCUT2D eigenvalue weighted by atomic mass is 10.2. The van der Waals surface area contributed by atoms with Gasteiger partial charge in [0.25, 0.3) is 0 Å². The van der Waals surface area contributed by atoms with Crippen LogP contribution in [0.2, 0.25) is 0 Å². The van der Waals surface area contributed by atoms with Crippen LogP contribution in [0.25, 0.3) is 5.70 Å². The van der Waals surface area contributed by atoms with Gasteiger partial charge < -0.3 is 9.88 Å². The van der Waals surface area contributed by atoms with E-state index in [1.54, 1.807) is 25.5 Å². The summed E-state index contributed by atoms with van der Waals surface area (Å²) < 4.78 is 14.7. The van der Waals surface area contributed by atoms with E-state index in [4.69, 9.17) is 0 Å². The molecule has 1 heterocycles. The molecule has 0 aliphatic carbocycles. The van der Waals surface area contributed by atoms with Crippen LogP contribution >= 0.6 is 0 Å². The second kappa shape index (κ2) is 6.35. The molecule has 0 aliphatic heterocycles. The van der Waals surface area contributed by atoms with Gasteiger partial charge in [0.2, 0.25) is 0 Å². The summed E-state index contributed by atoms with van der Waals surface area (Å²) in [6.45, 7) is 6.56. The third-order valence-corrected chi connectivity index (χ3v) is 3.30. The van der Waals surface area contributed by atoms with E-state index in [9.17, 15) is 4.39 Å². The molecule has 5 heteroatoms. The molecule has 0 spiro atoms. The van der Waals surface area contributed by atoms with Crippen molar-refractivity contribution in [2.75, 3.05) is 7.05 Å². The summed E-state index contributed by atoms with van der Waals surface area (Å²) in [5, 5.41) is 3.22. The van der Waals surface area contributed by atoms with Crippen molar-refractivity contribution < 1.29 is 4.39 Å². The molecule has 0 fully saturated rings. The highest BCUT2D eigenvalue weighted by atomic mass is 19.1. The second-order valence-electron chi connectivity index (χ2n) is 4.83. The Balaban J connectivity index is 2.16. The zero-order chi connectivity index (χ0) is 15.4. The van der Waals surface area contributed by atoms with Gasteiger partial charge in [-0.05, 0) is 24.6 Å². The molecule has 4 nitrogen and oxygen atoms in total. The molecular weight excluding hydrogens is 267 g/mol. The molecule has 2 rings (SSSR count). The highest BCUT2D eigenvalue weighted by Crippen LogP contribution is 2.10. The van der Waals surface area contributed by atoms with Crippen LogP contribution in [0.1, 0.15) is 16.8 Å². The Labute approximate surface area is 123 Å². The average Bonchev–Trinajstić information content (AvgIpc) is 2.47. The number of rotatable bonds is 4. The van der Waals surface area contributed by atoms with Gasteiger partial charge in [0, 0.05) is 26.2 Å². The Morgan fingerprint density at radius 2 is 2.05 bits per heavy atom. The van der Waals surface area contributed by atoms with Crippen molar-refractivity contribution in [2.45, 2.75) is 13.5 Å². The predicted molar refractivity (Wildman–Crippen MR) is 81.7 cm³/mol. The standard InChI is InChI=1S/C16H19FN4/c1-11-15(20-10-21(4)16(11)18-3)12(2)19-9-13-5-7-14(17)8-6-13/h5-8,10,19H,2,9H2,1,3-4H3. The zero-order valence-corrected chi connectivity index (χ0v) is 12.5. The molecule has 0 bridgehead atoms. The molecule has 0 atom stereocenters. The number of hydrogen-bond donors (Lipinski definition) is 1. The van der Waals surface area contributed by atoms with Crippen molar-refractivity contribution in [2.24, 2.45) is 12.0 Å². The Morgan fingerprint density at radius 1 is 1.38 bits per heavy atom. The number of nitrogens with one attached hydrogen (secondary N) is 1. The third-order valence-electron chi connectivity index (χ3n) is 3.30. The first-order chi connectivity index (χ1) is 10.0. The molecule has 2 aromatic rings. The van der Waals surface area contributed by atoms with Gasteiger partial charge in [-0.15, -0.1) is 0 Å². The molecule has 1 N–H and O–H groups in total. The summed E-state index contributed by atoms with van der Waals surface area (Å²) in [6.07, 6.45) is 1.72. The number of aryl methyl sites for hydroxylation is 1. The van der Waals surface area contributed by atoms with Crippen molar-refractivity contribution >= 4 is 5.70 Å². The van der Waals surface area contributed by atoms with Crippen LogP contribution in [0.3, 0.4) is 0 Å². The Morgan fingerprint density at radius 3 is 2.67 bits per heavy atom. The van der Waals surface area contributed by atoms with Crippen LogP contribution in [-0.2, 0) is 13.6 Å². The van der Waals surface area contributed by atoms with Crippen LogP contribution in [0, 0.1) is 12.7 Å². The first-order valence-corrected chi connectivity index (χ1v) is 6.65. The maximum atomic E-state index is 12.9. The van der Waals surface area contributed by atoms with Gasteiger partial charge in [-0.1, -0.05) is 18.7 Å². The lowest BCUT2D eigenvalue weighted by molar-refractivity contribution is 0.626. The van der Waals surface area contributed by atoms with E-state index in [1.807, 2.05) is 18.5 Å². The fourth-order valence-electron chi connectivity index (χ4n) is 2.19. The lowest BCUT2D eigenvalue weighted by Gasteiger charge is -2.13. The van der Waals surface area contributed by atoms with Gasteiger partial charge in [0.1, 0.15) is 11.3 Å². The van der Waals surface area contributed by atoms with E-state index in [0.717, 1.165) is 28.0 Å². The quantitative estimate of drug-likeness (QED) is 0.936. The van der Waals surface area contributed by atoms with Crippen molar-refractivity contribution in [1.29, 1.82) is 0 Å². The van der Waals surface area contributed by atoms with Gasteiger partial charge in [-0.25, -0.2) is 9.37 Å². The summed E-state index contributed by atoms with van der Waals surface area (Å²) in [6, 6.07) is 6.38. The maximum absolute atomic E-state index is 12.9. The molecule has 0 amide bonds. The highest BCUT2D eigenvalue weighted by Gasteiger charge is 2.07. The SMILES string of the molecule is C=C(NCc1ccc(F)cc1)c1ncn(C)c(=NC)c1C. The molecule has 1 aromatic heterocycles. The van der Waals surface area contributed by atoms with Crippen LogP contribution in [0.4, 0.5) is 4.39 Å². The predicted octanol–water partition coefficient (Wildman–Crippen LogP) is 2.16. The normalized spacial score (nSPS) is 11.5. The van der Waals surface area contributed by atoms with E-state index in [-0.39, 0.29) is 5.82 Å².